The molecule has 1 heterocycles. The summed E-state index contributed by atoms with van der Waals surface area (Å²) in [5.74, 6) is 0.616. The number of benzene rings is 1. The molecule has 0 bridgehead atoms. The molecule has 0 atom stereocenters. The first-order valence-corrected chi connectivity index (χ1v) is 8.43. The summed E-state index contributed by atoms with van der Waals surface area (Å²) in [5, 5.41) is 12.6. The summed E-state index contributed by atoms with van der Waals surface area (Å²) in [6.07, 6.45) is 2.97. The summed E-state index contributed by atoms with van der Waals surface area (Å²) in [6, 6.07) is 9.48. The Morgan fingerprint density at radius 1 is 1.04 bits per heavy atom. The average Bonchev–Trinajstić information content (AvgIpc) is 2.56. The van der Waals surface area contributed by atoms with Crippen molar-refractivity contribution in [2.75, 3.05) is 0 Å². The predicted molar refractivity (Wildman–Crippen MR) is 92.7 cm³/mol. The third kappa shape index (κ3) is 3.97. The topological polar surface area (TPSA) is 75.1 Å². The summed E-state index contributed by atoms with van der Waals surface area (Å²) in [6.45, 7) is 3.89. The molecule has 126 valence electrons. The monoisotopic (exact) mass is 325 g/mol. The molecule has 0 unspecified atom stereocenters. The number of rotatable bonds is 3. The zero-order valence-corrected chi connectivity index (χ0v) is 14.1. The zero-order chi connectivity index (χ0) is 17.1. The molecule has 0 radical (unpaired) electrons. The van der Waals surface area contributed by atoms with Crippen LogP contribution in [0.2, 0.25) is 0 Å². The summed E-state index contributed by atoms with van der Waals surface area (Å²) in [5.41, 5.74) is 3.39. The van der Waals surface area contributed by atoms with Crippen LogP contribution in [-0.4, -0.2) is 33.1 Å². The van der Waals surface area contributed by atoms with Crippen LogP contribution in [0.5, 0.6) is 0 Å². The van der Waals surface area contributed by atoms with Crippen LogP contribution in [0.4, 0.5) is 0 Å². The van der Waals surface area contributed by atoms with Crippen molar-refractivity contribution in [1.29, 1.82) is 0 Å². The van der Waals surface area contributed by atoms with E-state index >= 15 is 0 Å². The highest BCUT2D eigenvalue weighted by molar-refractivity contribution is 5.94. The van der Waals surface area contributed by atoms with Crippen molar-refractivity contribution in [3.05, 3.63) is 47.3 Å². The summed E-state index contributed by atoms with van der Waals surface area (Å²) >= 11 is 0. The van der Waals surface area contributed by atoms with E-state index in [9.17, 15) is 9.90 Å². The van der Waals surface area contributed by atoms with Crippen LogP contribution in [0.3, 0.4) is 0 Å². The molecule has 3 rings (SSSR count). The van der Waals surface area contributed by atoms with E-state index in [2.05, 4.69) is 15.3 Å². The Bertz CT molecular complexity index is 700. The number of nitrogens with one attached hydrogen (secondary N) is 1. The molecular weight excluding hydrogens is 302 g/mol. The first-order valence-electron chi connectivity index (χ1n) is 8.43. The van der Waals surface area contributed by atoms with Gasteiger partial charge in [-0.15, -0.1) is 0 Å². The van der Waals surface area contributed by atoms with Crippen LogP contribution in [-0.2, 0) is 0 Å². The second-order valence-corrected chi connectivity index (χ2v) is 6.53. The fourth-order valence-electron chi connectivity index (χ4n) is 3.11. The molecule has 1 aromatic carbocycles. The van der Waals surface area contributed by atoms with Gasteiger partial charge in [0, 0.05) is 28.6 Å². The van der Waals surface area contributed by atoms with Gasteiger partial charge >= 0.3 is 0 Å². The summed E-state index contributed by atoms with van der Waals surface area (Å²) in [7, 11) is 0. The third-order valence-electron chi connectivity index (χ3n) is 4.42. The molecule has 2 aromatic rings. The van der Waals surface area contributed by atoms with Crippen LogP contribution in [0.1, 0.15) is 47.4 Å². The van der Waals surface area contributed by atoms with Crippen molar-refractivity contribution in [3.8, 4) is 11.4 Å². The van der Waals surface area contributed by atoms with Gasteiger partial charge in [0.25, 0.3) is 5.91 Å². The SMILES string of the molecule is Cc1cc(C)nc(-c2ccc(C(=O)NC3CCC(O)CC3)cc2)n1. The van der Waals surface area contributed by atoms with E-state index in [1.165, 1.54) is 0 Å². The molecule has 0 spiro atoms. The van der Waals surface area contributed by atoms with Gasteiger partial charge in [0.15, 0.2) is 5.82 Å². The van der Waals surface area contributed by atoms with E-state index in [0.717, 1.165) is 42.6 Å². The Morgan fingerprint density at radius 2 is 1.62 bits per heavy atom. The zero-order valence-electron chi connectivity index (χ0n) is 14.1. The fourth-order valence-corrected chi connectivity index (χ4v) is 3.11. The van der Waals surface area contributed by atoms with Crippen molar-refractivity contribution in [3.63, 3.8) is 0 Å². The van der Waals surface area contributed by atoms with Crippen LogP contribution in [0.25, 0.3) is 11.4 Å². The molecule has 1 aromatic heterocycles. The minimum Gasteiger partial charge on any atom is -0.393 e. The number of carbonyl (C=O) groups excluding carboxylic acids is 1. The maximum absolute atomic E-state index is 12.3. The standard InChI is InChI=1S/C19H23N3O2/c1-12-11-13(2)21-18(20-12)14-3-5-15(6-4-14)19(24)22-16-7-9-17(23)10-8-16/h3-6,11,16-17,23H,7-10H2,1-2H3,(H,22,24). The number of hydrogen-bond acceptors (Lipinski definition) is 4. The van der Waals surface area contributed by atoms with Gasteiger partial charge in [0.2, 0.25) is 0 Å². The Kier molecular flexibility index (Phi) is 4.90. The normalized spacial score (nSPS) is 20.6. The first kappa shape index (κ1) is 16.6. The van der Waals surface area contributed by atoms with Gasteiger partial charge in [0.05, 0.1) is 6.10 Å². The molecule has 1 amide bonds. The Balaban J connectivity index is 1.68. The number of carbonyl (C=O) groups is 1. The molecular formula is C19H23N3O2. The van der Waals surface area contributed by atoms with Gasteiger partial charge in [-0.3, -0.25) is 4.79 Å². The number of amides is 1. The second kappa shape index (κ2) is 7.09. The Labute approximate surface area is 142 Å². The van der Waals surface area contributed by atoms with Crippen molar-refractivity contribution in [2.45, 2.75) is 51.7 Å². The number of aromatic nitrogens is 2. The fraction of sp³-hybridized carbons (Fsp3) is 0.421. The van der Waals surface area contributed by atoms with Crippen molar-refractivity contribution < 1.29 is 9.90 Å². The number of aryl methyl sites for hydroxylation is 2. The van der Waals surface area contributed by atoms with Crippen LogP contribution in [0.15, 0.2) is 30.3 Å². The minimum atomic E-state index is -0.213. The van der Waals surface area contributed by atoms with Gasteiger partial charge in [-0.1, -0.05) is 12.1 Å². The summed E-state index contributed by atoms with van der Waals surface area (Å²) < 4.78 is 0. The smallest absolute Gasteiger partial charge is 0.251 e. The van der Waals surface area contributed by atoms with Crippen molar-refractivity contribution >= 4 is 5.91 Å². The maximum Gasteiger partial charge on any atom is 0.251 e. The van der Waals surface area contributed by atoms with Crippen molar-refractivity contribution in [1.82, 2.24) is 15.3 Å². The maximum atomic E-state index is 12.3. The quantitative estimate of drug-likeness (QED) is 0.910. The molecule has 1 saturated carbocycles. The van der Waals surface area contributed by atoms with E-state index < -0.39 is 0 Å². The van der Waals surface area contributed by atoms with E-state index in [0.29, 0.717) is 11.4 Å². The van der Waals surface area contributed by atoms with E-state index in [1.54, 1.807) is 0 Å². The van der Waals surface area contributed by atoms with E-state index in [1.807, 2.05) is 44.2 Å². The van der Waals surface area contributed by atoms with Gasteiger partial charge in [0.1, 0.15) is 0 Å². The lowest BCUT2D eigenvalue weighted by Gasteiger charge is -2.26. The molecule has 5 nitrogen and oxygen atoms in total. The number of aliphatic hydroxyl groups excluding tert-OH is 1. The highest BCUT2D eigenvalue weighted by Gasteiger charge is 2.21. The lowest BCUT2D eigenvalue weighted by molar-refractivity contribution is 0.0867. The lowest BCUT2D eigenvalue weighted by Crippen LogP contribution is -2.38. The Hall–Kier alpha value is -2.27. The van der Waals surface area contributed by atoms with Gasteiger partial charge in [-0.05, 0) is 57.7 Å². The molecule has 0 aliphatic heterocycles. The first-order chi connectivity index (χ1) is 11.5. The van der Waals surface area contributed by atoms with E-state index in [-0.39, 0.29) is 18.1 Å². The lowest BCUT2D eigenvalue weighted by atomic mass is 9.93. The second-order valence-electron chi connectivity index (χ2n) is 6.53. The third-order valence-corrected chi connectivity index (χ3v) is 4.42. The predicted octanol–water partition coefficient (Wildman–Crippen LogP) is 2.79. The largest absolute Gasteiger partial charge is 0.393 e. The van der Waals surface area contributed by atoms with Gasteiger partial charge in [-0.25, -0.2) is 9.97 Å². The Morgan fingerprint density at radius 3 is 2.21 bits per heavy atom. The van der Waals surface area contributed by atoms with Gasteiger partial charge in [-0.2, -0.15) is 0 Å². The molecule has 2 N–H and O–H groups in total. The molecule has 1 fully saturated rings. The molecule has 1 aliphatic carbocycles. The van der Waals surface area contributed by atoms with E-state index in [4.69, 9.17) is 0 Å². The number of nitrogens with zero attached hydrogens (tertiary/aromatic N) is 2. The van der Waals surface area contributed by atoms with Crippen molar-refractivity contribution in [2.24, 2.45) is 0 Å². The van der Waals surface area contributed by atoms with Crippen LogP contribution < -0.4 is 5.32 Å². The average molecular weight is 325 g/mol. The molecule has 1 aliphatic rings. The molecule has 24 heavy (non-hydrogen) atoms. The van der Waals surface area contributed by atoms with Gasteiger partial charge < -0.3 is 10.4 Å². The molecule has 5 heteroatoms. The minimum absolute atomic E-state index is 0.0655. The summed E-state index contributed by atoms with van der Waals surface area (Å²) in [4.78, 5) is 21.2. The number of aliphatic hydroxyl groups is 1. The molecule has 0 saturated heterocycles. The highest BCUT2D eigenvalue weighted by atomic mass is 16.3. The van der Waals surface area contributed by atoms with Crippen LogP contribution in [0, 0.1) is 13.8 Å². The van der Waals surface area contributed by atoms with Crippen LogP contribution >= 0.6 is 0 Å². The number of hydrogen-bond donors (Lipinski definition) is 2. The highest BCUT2D eigenvalue weighted by Crippen LogP contribution is 2.20.